The van der Waals surface area contributed by atoms with Crippen molar-refractivity contribution in [3.05, 3.63) is 0 Å². The Labute approximate surface area is 729 Å². The van der Waals surface area contributed by atoms with E-state index in [9.17, 15) is 172 Å². The lowest BCUT2D eigenvalue weighted by Crippen LogP contribution is -2.71. The van der Waals surface area contributed by atoms with Crippen LogP contribution in [0.4, 0.5) is 0 Å². The van der Waals surface area contributed by atoms with Gasteiger partial charge in [-0.1, -0.05) is 0 Å². The maximum absolute atomic E-state index is 13.1. The summed E-state index contributed by atoms with van der Waals surface area (Å²) in [6.45, 7) is -7.76. The summed E-state index contributed by atoms with van der Waals surface area (Å²) in [4.78, 5) is 63.3. The second-order valence-corrected chi connectivity index (χ2v) is 32.5. The summed E-state index contributed by atoms with van der Waals surface area (Å²) in [6.07, 6.45) is -97.7. The van der Waals surface area contributed by atoms with Crippen molar-refractivity contribution in [2.75, 3.05) is 66.1 Å². The van der Waals surface area contributed by atoms with Crippen LogP contribution in [0, 0.1) is 0 Å². The van der Waals surface area contributed by atoms with Crippen molar-refractivity contribution in [2.45, 2.75) is 346 Å². The number of nitrogens with two attached hydrogens (primary N) is 1. The van der Waals surface area contributed by atoms with Gasteiger partial charge in [-0.15, -0.1) is 0 Å². The van der Waals surface area contributed by atoms with Crippen LogP contribution < -0.4 is 27.0 Å². The fourth-order valence-corrected chi connectivity index (χ4v) is 16.6. The van der Waals surface area contributed by atoms with Gasteiger partial charge in [0.1, 0.15) is 232 Å². The van der Waals surface area contributed by atoms with Crippen LogP contribution in [0.25, 0.3) is 0 Å². The number of hydrogen-bond acceptors (Lipinski definition) is 53. The lowest BCUT2D eigenvalue weighted by Gasteiger charge is -2.51. The smallest absolute Gasteiger partial charge is 0.364 e. The Bertz CT molecular complexity index is 3550. The summed E-state index contributed by atoms with van der Waals surface area (Å²) in [5.74, 6) is -8.69. The number of carbonyl (C=O) groups excluding carboxylic acids is 4. The first-order chi connectivity index (χ1) is 60.9. The van der Waals surface area contributed by atoms with E-state index in [2.05, 4.69) is 21.3 Å². The Kier molecular flexibility index (Phi) is 38.0. The second-order valence-electron chi connectivity index (χ2n) is 32.5. The fourth-order valence-electron chi connectivity index (χ4n) is 16.6. The minimum Gasteiger partial charge on any atom is -0.477 e. The van der Waals surface area contributed by atoms with E-state index < -0.39 is 414 Å². The molecule has 10 heterocycles. The molecule has 58 heteroatoms. The Morgan fingerprint density at radius 1 is 0.341 bits per heavy atom. The first kappa shape index (κ1) is 106. The zero-order chi connectivity index (χ0) is 95.3. The minimum atomic E-state index is -3.07. The van der Waals surface area contributed by atoms with E-state index in [1.54, 1.807) is 0 Å². The van der Waals surface area contributed by atoms with E-state index in [0.29, 0.717) is 0 Å². The van der Waals surface area contributed by atoms with Gasteiger partial charge in [-0.3, -0.25) is 19.2 Å². The SMILES string of the molecule is CC(=O)N[C@@H]1[C@@H](O)[C@H](O[C@@H]2O[C@H](CO)[C@@H](O[C@@H]3O[C@H](CO[C@H]4O[C@H](CO)[C@@H](O)[C@H](O)[C@@H]4O[C@@H]4O[C@H](CO)[C@@H](O[C@@H]5O[C@H](CO[C@]6(C(=O)O)C[C@H](O)[C@@H](NC(C)=O)[C@H]([C@H](O)[C@H](O)CO)O6)[C@H](O)[C@H](O)[C@H]5O)[C@H](O)[C@H]4N)[C@@H](O)[C@H](O[C@H]4O[C@H](CO)[C@@H](O)[C@H](O)[C@@H]4O[C@@H]4O[C@H](CO)[C@@H](O[C@@H]5O[C@H](CO)[C@H](O)[C@H](O)[C@H]5O)[C@H](O)[C@H]4NC(C)=O)[C@@H]3O)[C@H](O)[C@H]2NC(C)=O)[C@@H](CO)O[C@H]1O. The van der Waals surface area contributed by atoms with Gasteiger partial charge in [0.15, 0.2) is 56.6 Å². The molecule has 51 atom stereocenters. The van der Waals surface area contributed by atoms with Crippen LogP contribution in [0.5, 0.6) is 0 Å². The first-order valence-electron chi connectivity index (χ1n) is 40.9. The van der Waals surface area contributed by atoms with Gasteiger partial charge >= 0.3 is 5.97 Å². The molecule has 4 amide bonds. The molecule has 10 aliphatic heterocycles. The maximum Gasteiger partial charge on any atom is 0.364 e. The molecule has 0 aromatic heterocycles. The van der Waals surface area contributed by atoms with Crippen molar-refractivity contribution in [2.24, 2.45) is 5.73 Å². The molecule has 10 aliphatic rings. The predicted octanol–water partition coefficient (Wildman–Crippen LogP) is -23.1. The molecule has 0 unspecified atom stereocenters. The van der Waals surface area contributed by atoms with Gasteiger partial charge in [0, 0.05) is 34.1 Å². The van der Waals surface area contributed by atoms with Crippen molar-refractivity contribution in [1.29, 1.82) is 0 Å². The Hall–Kier alpha value is -4.57. The molecule has 0 saturated carbocycles. The highest BCUT2D eigenvalue weighted by atomic mass is 16.8. The predicted molar refractivity (Wildman–Crippen MR) is 395 cm³/mol. The number of nitrogens with one attached hydrogen (secondary N) is 4. The first-order valence-corrected chi connectivity index (χ1v) is 40.9. The number of aliphatic hydroxyl groups excluding tert-OH is 28. The number of aliphatic carboxylic acids is 1. The zero-order valence-electron chi connectivity index (χ0n) is 69.0. The average molecular weight is 1890 g/mol. The van der Waals surface area contributed by atoms with Crippen LogP contribution in [-0.4, -0.2) is 556 Å². The van der Waals surface area contributed by atoms with E-state index in [-0.39, 0.29) is 0 Å². The van der Waals surface area contributed by atoms with Gasteiger partial charge in [-0.2, -0.15) is 0 Å². The normalized spacial score (nSPS) is 48.1. The van der Waals surface area contributed by atoms with E-state index in [1.807, 2.05) is 0 Å². The highest BCUT2D eigenvalue weighted by Crippen LogP contribution is 2.42. The molecule has 0 aliphatic carbocycles. The Morgan fingerprint density at radius 2 is 0.674 bits per heavy atom. The van der Waals surface area contributed by atoms with Crippen molar-refractivity contribution in [3.63, 3.8) is 0 Å². The molecule has 0 aromatic carbocycles. The number of carboxylic acid groups (broad SMARTS) is 1. The van der Waals surface area contributed by atoms with E-state index in [0.717, 1.165) is 27.7 Å². The average Bonchev–Trinajstić information content (AvgIpc) is 0.760. The topological polar surface area (TPSA) is 922 Å². The van der Waals surface area contributed by atoms with Crippen LogP contribution in [0.1, 0.15) is 34.1 Å². The lowest BCUT2D eigenvalue weighted by atomic mass is 9.88. The van der Waals surface area contributed by atoms with Crippen molar-refractivity contribution in [3.8, 4) is 0 Å². The van der Waals surface area contributed by atoms with Crippen LogP contribution in [-0.2, 0) is 114 Å². The molecule has 129 heavy (non-hydrogen) atoms. The second kappa shape index (κ2) is 46.1. The largest absolute Gasteiger partial charge is 0.477 e. The number of rotatable bonds is 35. The third-order valence-corrected chi connectivity index (χ3v) is 23.5. The molecule has 746 valence electrons. The van der Waals surface area contributed by atoms with Gasteiger partial charge < -0.3 is 265 Å². The maximum atomic E-state index is 13.1. The molecule has 10 saturated heterocycles. The summed E-state index contributed by atoms with van der Waals surface area (Å²) < 4.78 is 112. The number of amides is 4. The van der Waals surface area contributed by atoms with E-state index in [1.165, 1.54) is 0 Å². The van der Waals surface area contributed by atoms with Crippen LogP contribution in [0.3, 0.4) is 0 Å². The third-order valence-electron chi connectivity index (χ3n) is 23.5. The van der Waals surface area contributed by atoms with Gasteiger partial charge in [0.2, 0.25) is 23.6 Å². The molecule has 0 radical (unpaired) electrons. The highest BCUT2D eigenvalue weighted by Gasteiger charge is 2.63. The molecular weight excluding hydrogens is 1770 g/mol. The number of hydrogen-bond donors (Lipinski definition) is 34. The molecule has 10 fully saturated rings. The van der Waals surface area contributed by atoms with E-state index in [4.69, 9.17) is 95.7 Å². The van der Waals surface area contributed by atoms with Crippen LogP contribution in [0.2, 0.25) is 0 Å². The van der Waals surface area contributed by atoms with Crippen molar-refractivity contribution >= 4 is 29.6 Å². The Morgan fingerprint density at radius 3 is 1.12 bits per heavy atom. The standard InChI is InChI=1S/C71H119N5O53/c1-16(85)73-32-20(89)5-71(70(109)110,129-57(32)36(91)21(90)6-77)112-15-30-40(95)47(102)51(106)66(121-30)123-53-26(11-82)117-62(31(72)42(53)97)127-59-48(103)38(93)23(8-79)115-68(59)111-14-29-41(96)58(52(107)67(120-29)125-56-28(13-84)118-63(34(44(56)99)75-18(3)87)122-54-25(10-81)113-61(108)33(43(54)98)74-17(2)86)126-69-60(49(104)39(94)24(9-80)116-69)128-64-35(76-19(4)88)45(100)55(27(12-83)119-64)124-65-50(105)46(101)37(92)22(7-78)114-65/h20-69,77-84,89-108H,5-15,72H2,1-4H3,(H,73,85)(H,74,86)(H,75,87)(H,76,88)(H,109,110)/t20-,21+,22+,23+,24+,25+,26+,27+,28+,29+,30+,31+,32+,33+,34+,35+,36+,37-,38+,39+,40-,41+,42+,43+,44+,45+,46-,47-,48-,49-,50+,51+,52-,53+,54+,55+,56+,57+,58-,59-,60-,61+,62-,63-,64-,65-,66-,67-,68-,69+,71+/m0/s1. The van der Waals surface area contributed by atoms with Crippen LogP contribution in [0.15, 0.2) is 0 Å². The molecular formula is C71H119N5O53. The molecule has 58 nitrogen and oxygen atoms in total. The summed E-state index contributed by atoms with van der Waals surface area (Å²) in [7, 11) is 0. The van der Waals surface area contributed by atoms with E-state index >= 15 is 0 Å². The zero-order valence-corrected chi connectivity index (χ0v) is 69.0. The molecule has 0 aromatic rings. The van der Waals surface area contributed by atoms with Crippen LogP contribution >= 0.6 is 0 Å². The molecule has 0 bridgehead atoms. The monoisotopic (exact) mass is 1890 g/mol. The summed E-state index contributed by atoms with van der Waals surface area (Å²) in [6, 6.07) is -9.30. The fraction of sp³-hybridized carbons (Fsp3) is 0.930. The number of aliphatic hydroxyl groups is 28. The van der Waals surface area contributed by atoms with Gasteiger partial charge in [-0.25, -0.2) is 4.79 Å². The van der Waals surface area contributed by atoms with Crippen molar-refractivity contribution in [1.82, 2.24) is 21.3 Å². The summed E-state index contributed by atoms with van der Waals surface area (Å²) >= 11 is 0. The van der Waals surface area contributed by atoms with Crippen molar-refractivity contribution < 1.29 is 262 Å². The number of carboxylic acids is 1. The number of carbonyl (C=O) groups is 5. The quantitative estimate of drug-likeness (QED) is 0.0280. The lowest BCUT2D eigenvalue weighted by molar-refractivity contribution is -0.399. The third kappa shape index (κ3) is 23.5. The summed E-state index contributed by atoms with van der Waals surface area (Å²) in [5.41, 5.74) is 6.51. The Balaban J connectivity index is 0.932. The van der Waals surface area contributed by atoms with Gasteiger partial charge in [-0.05, 0) is 0 Å². The highest BCUT2D eigenvalue weighted by molar-refractivity contribution is 5.77. The summed E-state index contributed by atoms with van der Waals surface area (Å²) in [5, 5.41) is 332. The van der Waals surface area contributed by atoms with Gasteiger partial charge in [0.05, 0.1) is 84.3 Å². The molecule has 0 spiro atoms. The minimum absolute atomic E-state index is 0.807. The molecule has 10 rings (SSSR count). The molecule has 35 N–H and O–H groups in total. The number of ether oxygens (including phenoxy) is 19. The van der Waals surface area contributed by atoms with Gasteiger partial charge in [0.25, 0.3) is 5.79 Å².